The summed E-state index contributed by atoms with van der Waals surface area (Å²) in [7, 11) is 0. The van der Waals surface area contributed by atoms with Crippen LogP contribution in [0.5, 0.6) is 0 Å². The Morgan fingerprint density at radius 2 is 2.00 bits per heavy atom. The van der Waals surface area contributed by atoms with Gasteiger partial charge in [-0.15, -0.1) is 11.8 Å². The molecule has 0 spiro atoms. The molecule has 16 heavy (non-hydrogen) atoms. The molecule has 1 N–H and O–H groups in total. The molecular weight excluding hydrogens is 234 g/mol. The van der Waals surface area contributed by atoms with Crippen LogP contribution in [0, 0.1) is 11.6 Å². The maximum Gasteiger partial charge on any atom is 0.320 e. The van der Waals surface area contributed by atoms with E-state index in [0.717, 1.165) is 30.3 Å². The average Bonchev–Trinajstić information content (AvgIpc) is 2.16. The second kappa shape index (κ2) is 4.05. The number of hydrogen-bond donors (Lipinski definition) is 1. The van der Waals surface area contributed by atoms with Crippen molar-refractivity contribution in [2.24, 2.45) is 0 Å². The van der Waals surface area contributed by atoms with Crippen LogP contribution in [0.3, 0.4) is 0 Å². The van der Waals surface area contributed by atoms with Gasteiger partial charge in [-0.05, 0) is 37.5 Å². The summed E-state index contributed by atoms with van der Waals surface area (Å²) in [6.45, 7) is 0. The number of hydrogen-bond acceptors (Lipinski definition) is 2. The van der Waals surface area contributed by atoms with E-state index < -0.39 is 22.4 Å². The summed E-state index contributed by atoms with van der Waals surface area (Å²) < 4.78 is 24.8. The van der Waals surface area contributed by atoms with Gasteiger partial charge in [0, 0.05) is 4.90 Å². The highest BCUT2D eigenvalue weighted by Crippen LogP contribution is 2.47. The lowest BCUT2D eigenvalue weighted by Crippen LogP contribution is -2.41. The summed E-state index contributed by atoms with van der Waals surface area (Å²) in [4.78, 5) is 11.5. The SMILES string of the molecule is O=C(O)C1(Sc2ccc(F)c(F)c2)CCC1. The van der Waals surface area contributed by atoms with Crippen LogP contribution in [0.4, 0.5) is 8.78 Å². The average molecular weight is 244 g/mol. The first-order valence-electron chi connectivity index (χ1n) is 4.91. The highest BCUT2D eigenvalue weighted by Gasteiger charge is 2.45. The van der Waals surface area contributed by atoms with Crippen LogP contribution < -0.4 is 0 Å². The zero-order chi connectivity index (χ0) is 11.8. The molecule has 0 unspecified atom stereocenters. The monoisotopic (exact) mass is 244 g/mol. The van der Waals surface area contributed by atoms with Gasteiger partial charge < -0.3 is 5.11 Å². The summed E-state index contributed by atoms with van der Waals surface area (Å²) in [6.07, 6.45) is 2.01. The van der Waals surface area contributed by atoms with Gasteiger partial charge in [0.2, 0.25) is 0 Å². The fourth-order valence-corrected chi connectivity index (χ4v) is 2.95. The van der Waals surface area contributed by atoms with Gasteiger partial charge in [-0.2, -0.15) is 0 Å². The van der Waals surface area contributed by atoms with E-state index in [-0.39, 0.29) is 0 Å². The summed E-state index contributed by atoms with van der Waals surface area (Å²) in [5, 5.41) is 9.08. The first kappa shape index (κ1) is 11.4. The van der Waals surface area contributed by atoms with E-state index in [0.29, 0.717) is 17.7 Å². The molecule has 0 atom stereocenters. The molecule has 86 valence electrons. The molecule has 2 rings (SSSR count). The van der Waals surface area contributed by atoms with E-state index in [1.54, 1.807) is 0 Å². The Hall–Kier alpha value is -1.10. The Morgan fingerprint density at radius 3 is 2.44 bits per heavy atom. The third-order valence-electron chi connectivity index (χ3n) is 2.76. The van der Waals surface area contributed by atoms with Crippen LogP contribution >= 0.6 is 11.8 Å². The predicted octanol–water partition coefficient (Wildman–Crippen LogP) is 3.06. The number of thioether (sulfide) groups is 1. The Labute approximate surface area is 95.7 Å². The first-order chi connectivity index (χ1) is 7.53. The Morgan fingerprint density at radius 1 is 1.31 bits per heavy atom. The Balaban J connectivity index is 2.20. The molecule has 1 aromatic rings. The molecule has 1 aromatic carbocycles. The van der Waals surface area contributed by atoms with E-state index in [1.165, 1.54) is 6.07 Å². The minimum absolute atomic E-state index is 0.459. The summed E-state index contributed by atoms with van der Waals surface area (Å²) >= 11 is 1.10. The molecule has 0 heterocycles. The zero-order valence-corrected chi connectivity index (χ0v) is 9.19. The molecule has 0 amide bonds. The molecule has 0 aromatic heterocycles. The lowest BCUT2D eigenvalue weighted by molar-refractivity contribution is -0.142. The van der Waals surface area contributed by atoms with Gasteiger partial charge in [0.25, 0.3) is 0 Å². The Kier molecular flexibility index (Phi) is 2.88. The number of aliphatic carboxylic acids is 1. The van der Waals surface area contributed by atoms with Crippen LogP contribution in [-0.4, -0.2) is 15.8 Å². The molecule has 1 aliphatic rings. The van der Waals surface area contributed by atoms with Gasteiger partial charge in [0.1, 0.15) is 4.75 Å². The minimum atomic E-state index is -0.940. The third kappa shape index (κ3) is 1.91. The highest BCUT2D eigenvalue weighted by atomic mass is 32.2. The van der Waals surface area contributed by atoms with E-state index >= 15 is 0 Å². The van der Waals surface area contributed by atoms with Crippen molar-refractivity contribution < 1.29 is 18.7 Å². The quantitative estimate of drug-likeness (QED) is 0.887. The molecule has 0 aliphatic heterocycles. The Bertz CT molecular complexity index is 430. The lowest BCUT2D eigenvalue weighted by atomic mass is 9.84. The number of carboxylic acid groups (broad SMARTS) is 1. The summed E-state index contributed by atoms with van der Waals surface area (Å²) in [5.74, 6) is -2.74. The first-order valence-corrected chi connectivity index (χ1v) is 5.73. The molecule has 5 heteroatoms. The largest absolute Gasteiger partial charge is 0.480 e. The van der Waals surface area contributed by atoms with Crippen molar-refractivity contribution in [2.75, 3.05) is 0 Å². The predicted molar refractivity (Wildman–Crippen MR) is 56.4 cm³/mol. The topological polar surface area (TPSA) is 37.3 Å². The van der Waals surface area contributed by atoms with Crippen LogP contribution in [0.1, 0.15) is 19.3 Å². The highest BCUT2D eigenvalue weighted by molar-refractivity contribution is 8.01. The van der Waals surface area contributed by atoms with Gasteiger partial charge in [-0.3, -0.25) is 4.79 Å². The molecule has 2 nitrogen and oxygen atoms in total. The van der Waals surface area contributed by atoms with Gasteiger partial charge in [-0.25, -0.2) is 8.78 Å². The molecule has 1 saturated carbocycles. The standard InChI is InChI=1S/C11H10F2O2S/c12-8-3-2-7(6-9(8)13)16-11(10(14)15)4-1-5-11/h2-3,6H,1,4-5H2,(H,14,15). The van der Waals surface area contributed by atoms with E-state index in [4.69, 9.17) is 5.11 Å². The summed E-state index contributed by atoms with van der Waals surface area (Å²) in [6, 6.07) is 3.47. The molecule has 0 radical (unpaired) electrons. The minimum Gasteiger partial charge on any atom is -0.480 e. The van der Waals surface area contributed by atoms with Crippen molar-refractivity contribution >= 4 is 17.7 Å². The number of carbonyl (C=O) groups is 1. The molecular formula is C11H10F2O2S. The van der Waals surface area contributed by atoms with Crippen LogP contribution in [0.25, 0.3) is 0 Å². The van der Waals surface area contributed by atoms with Gasteiger partial charge in [0.15, 0.2) is 11.6 Å². The van der Waals surface area contributed by atoms with Crippen molar-refractivity contribution in [1.82, 2.24) is 0 Å². The lowest BCUT2D eigenvalue weighted by Gasteiger charge is -2.36. The van der Waals surface area contributed by atoms with Gasteiger partial charge >= 0.3 is 5.97 Å². The third-order valence-corrected chi connectivity index (χ3v) is 4.22. The van der Waals surface area contributed by atoms with Crippen molar-refractivity contribution in [2.45, 2.75) is 28.9 Å². The maximum atomic E-state index is 12.9. The molecule has 1 aliphatic carbocycles. The van der Waals surface area contributed by atoms with Gasteiger partial charge in [0.05, 0.1) is 0 Å². The van der Waals surface area contributed by atoms with Crippen molar-refractivity contribution in [1.29, 1.82) is 0 Å². The number of carboxylic acids is 1. The maximum absolute atomic E-state index is 12.9. The van der Waals surface area contributed by atoms with E-state index in [2.05, 4.69) is 0 Å². The zero-order valence-electron chi connectivity index (χ0n) is 8.37. The fourth-order valence-electron chi connectivity index (χ4n) is 1.62. The molecule has 1 fully saturated rings. The van der Waals surface area contributed by atoms with Crippen molar-refractivity contribution in [3.05, 3.63) is 29.8 Å². The van der Waals surface area contributed by atoms with Crippen LogP contribution in [-0.2, 0) is 4.79 Å². The molecule has 0 saturated heterocycles. The van der Waals surface area contributed by atoms with Crippen LogP contribution in [0.15, 0.2) is 23.1 Å². The second-order valence-electron chi connectivity index (χ2n) is 3.83. The second-order valence-corrected chi connectivity index (χ2v) is 5.29. The molecule has 0 bridgehead atoms. The fraction of sp³-hybridized carbons (Fsp3) is 0.364. The number of halogens is 2. The van der Waals surface area contributed by atoms with Gasteiger partial charge in [-0.1, -0.05) is 0 Å². The van der Waals surface area contributed by atoms with E-state index in [9.17, 15) is 13.6 Å². The normalized spacial score (nSPS) is 17.9. The smallest absolute Gasteiger partial charge is 0.320 e. The van der Waals surface area contributed by atoms with Crippen molar-refractivity contribution in [3.63, 3.8) is 0 Å². The van der Waals surface area contributed by atoms with Crippen molar-refractivity contribution in [3.8, 4) is 0 Å². The van der Waals surface area contributed by atoms with Crippen LogP contribution in [0.2, 0.25) is 0 Å². The number of rotatable bonds is 3. The van der Waals surface area contributed by atoms with E-state index in [1.807, 2.05) is 0 Å². The summed E-state index contributed by atoms with van der Waals surface area (Å²) in [5.41, 5.74) is 0. The number of benzene rings is 1.